The number of hydrogen-bond donors (Lipinski definition) is 0. The molecule has 0 amide bonds. The maximum Gasteiger partial charge on any atom is 0.359 e. The van der Waals surface area contributed by atoms with Crippen LogP contribution in [-0.2, 0) is 19.0 Å². The maximum absolute atomic E-state index is 12.6. The Bertz CT molecular complexity index is 780. The molecule has 2 heterocycles. The summed E-state index contributed by atoms with van der Waals surface area (Å²) in [6.07, 6.45) is 0.955. The lowest BCUT2D eigenvalue weighted by Gasteiger charge is -2.27. The lowest BCUT2D eigenvalue weighted by atomic mass is 10.1. The maximum atomic E-state index is 12.6. The van der Waals surface area contributed by atoms with Crippen molar-refractivity contribution in [2.24, 2.45) is 0 Å². The van der Waals surface area contributed by atoms with Crippen LogP contribution in [0.15, 0.2) is 11.0 Å². The van der Waals surface area contributed by atoms with E-state index >= 15 is 0 Å². The lowest BCUT2D eigenvalue weighted by molar-refractivity contribution is -0.131. The minimum atomic E-state index is -0.898. The van der Waals surface area contributed by atoms with Crippen LogP contribution in [0.4, 0.5) is 0 Å². The molecule has 0 spiro atoms. The van der Waals surface area contributed by atoms with E-state index in [1.54, 1.807) is 13.8 Å². The van der Waals surface area contributed by atoms with Gasteiger partial charge < -0.3 is 23.5 Å². The van der Waals surface area contributed by atoms with Crippen molar-refractivity contribution in [3.63, 3.8) is 0 Å². The van der Waals surface area contributed by atoms with Gasteiger partial charge in [0.1, 0.15) is 12.2 Å². The van der Waals surface area contributed by atoms with Crippen molar-refractivity contribution in [2.45, 2.75) is 32.4 Å². The number of methoxy groups -OCH3 is 2. The summed E-state index contributed by atoms with van der Waals surface area (Å²) in [5, 5.41) is 0. The first-order valence-corrected chi connectivity index (χ1v) is 8.04. The van der Waals surface area contributed by atoms with Crippen molar-refractivity contribution >= 4 is 17.7 Å². The van der Waals surface area contributed by atoms with Crippen molar-refractivity contribution in [3.8, 4) is 5.75 Å². The Balaban J connectivity index is 2.75. The summed E-state index contributed by atoms with van der Waals surface area (Å²) in [7, 11) is 2.32. The average Bonchev–Trinajstić information content (AvgIpc) is 2.60. The number of carbonyl (C=O) groups excluding carboxylic acids is 3. The monoisotopic (exact) mass is 367 g/mol. The molecule has 1 fully saturated rings. The Morgan fingerprint density at radius 2 is 1.92 bits per heavy atom. The van der Waals surface area contributed by atoms with E-state index in [-0.39, 0.29) is 42.4 Å². The highest BCUT2D eigenvalue weighted by molar-refractivity contribution is 5.95. The van der Waals surface area contributed by atoms with Crippen molar-refractivity contribution in [3.05, 3.63) is 27.7 Å². The second-order valence-electron chi connectivity index (χ2n) is 5.93. The molecule has 2 rings (SSSR count). The first-order chi connectivity index (χ1) is 12.3. The minimum absolute atomic E-state index is 0.134. The largest absolute Gasteiger partial charge is 0.491 e. The van der Waals surface area contributed by atoms with E-state index in [9.17, 15) is 19.2 Å². The third kappa shape index (κ3) is 3.77. The second kappa shape index (κ2) is 8.13. The van der Waals surface area contributed by atoms with Gasteiger partial charge in [-0.3, -0.25) is 9.59 Å². The van der Waals surface area contributed by atoms with Crippen molar-refractivity contribution in [2.75, 3.05) is 27.4 Å². The summed E-state index contributed by atoms with van der Waals surface area (Å²) in [6, 6.07) is -0.795. The zero-order chi connectivity index (χ0) is 19.4. The molecule has 9 heteroatoms. The van der Waals surface area contributed by atoms with Crippen LogP contribution in [0, 0.1) is 0 Å². The molecule has 1 aliphatic rings. The van der Waals surface area contributed by atoms with Gasteiger partial charge in [0.05, 0.1) is 26.4 Å². The van der Waals surface area contributed by atoms with Crippen LogP contribution in [0.2, 0.25) is 0 Å². The smallest absolute Gasteiger partial charge is 0.359 e. The highest BCUT2D eigenvalue weighted by atomic mass is 16.5. The summed E-state index contributed by atoms with van der Waals surface area (Å²) in [5.41, 5.74) is -1.38. The number of esters is 2. The van der Waals surface area contributed by atoms with Crippen LogP contribution in [0.1, 0.15) is 47.2 Å². The van der Waals surface area contributed by atoms with Crippen molar-refractivity contribution < 1.29 is 33.3 Å². The van der Waals surface area contributed by atoms with Gasteiger partial charge in [-0.2, -0.15) is 0 Å². The Morgan fingerprint density at radius 1 is 1.23 bits per heavy atom. The first kappa shape index (κ1) is 19.6. The number of aromatic nitrogens is 1. The number of ether oxygens (including phenoxy) is 4. The molecule has 0 aliphatic carbocycles. The van der Waals surface area contributed by atoms with Gasteiger partial charge in [0.25, 0.3) is 0 Å². The first-order valence-electron chi connectivity index (χ1n) is 8.04. The predicted octanol–water partition coefficient (Wildman–Crippen LogP) is 0.739. The van der Waals surface area contributed by atoms with Gasteiger partial charge in [0.15, 0.2) is 17.2 Å². The van der Waals surface area contributed by atoms with E-state index in [1.807, 2.05) is 0 Å². The van der Waals surface area contributed by atoms with Crippen LogP contribution in [0.3, 0.4) is 0 Å². The summed E-state index contributed by atoms with van der Waals surface area (Å²) in [5.74, 6) is -2.40. The summed E-state index contributed by atoms with van der Waals surface area (Å²) in [6.45, 7) is 3.45. The molecule has 1 aromatic rings. The van der Waals surface area contributed by atoms with E-state index in [0.717, 1.165) is 13.3 Å². The highest BCUT2D eigenvalue weighted by Gasteiger charge is 2.33. The lowest BCUT2D eigenvalue weighted by Crippen LogP contribution is -2.35. The van der Waals surface area contributed by atoms with E-state index in [0.29, 0.717) is 0 Å². The van der Waals surface area contributed by atoms with E-state index in [1.165, 1.54) is 11.7 Å². The summed E-state index contributed by atoms with van der Waals surface area (Å²) >= 11 is 0. The molecule has 26 heavy (non-hydrogen) atoms. The van der Waals surface area contributed by atoms with Crippen molar-refractivity contribution in [1.82, 2.24) is 4.57 Å². The summed E-state index contributed by atoms with van der Waals surface area (Å²) in [4.78, 5) is 49.4. The zero-order valence-electron chi connectivity index (χ0n) is 15.1. The molecule has 1 aromatic heterocycles. The van der Waals surface area contributed by atoms with Gasteiger partial charge in [0, 0.05) is 12.8 Å². The molecular weight excluding hydrogens is 346 g/mol. The molecule has 0 N–H and O–H groups in total. The topological polar surface area (TPSA) is 110 Å². The van der Waals surface area contributed by atoms with Crippen LogP contribution in [0.25, 0.3) is 0 Å². The second-order valence-corrected chi connectivity index (χ2v) is 5.93. The van der Waals surface area contributed by atoms with Crippen LogP contribution >= 0.6 is 0 Å². The van der Waals surface area contributed by atoms with Gasteiger partial charge in [-0.05, 0) is 20.3 Å². The molecule has 1 atom stereocenters. The number of carbonyl (C=O) groups is 3. The number of rotatable bonds is 5. The highest BCUT2D eigenvalue weighted by Crippen LogP contribution is 2.26. The fraction of sp³-hybridized carbons (Fsp3) is 0.529. The van der Waals surface area contributed by atoms with Crippen LogP contribution < -0.4 is 10.2 Å². The number of hydrogen-bond acceptors (Lipinski definition) is 8. The molecule has 0 bridgehead atoms. The molecule has 0 saturated carbocycles. The normalized spacial score (nSPS) is 17.1. The van der Waals surface area contributed by atoms with Gasteiger partial charge >= 0.3 is 11.9 Å². The Hall–Kier alpha value is -2.68. The molecule has 1 saturated heterocycles. The van der Waals surface area contributed by atoms with Gasteiger partial charge in [0.2, 0.25) is 5.43 Å². The van der Waals surface area contributed by atoms with Crippen LogP contribution in [0.5, 0.6) is 5.75 Å². The number of pyridine rings is 1. The molecule has 0 unspecified atom stereocenters. The van der Waals surface area contributed by atoms with Crippen LogP contribution in [-0.4, -0.2) is 55.8 Å². The third-order valence-electron chi connectivity index (χ3n) is 3.83. The standard InChI is InChI=1S/C17H21NO8/c1-9(2)26-17(22)13-15(23-3)14(20)10(16(21)24-4)7-18(13)11-5-6-25-8-12(11)19/h7,9,11H,5-6,8H2,1-4H3/t11-/m0/s1. The van der Waals surface area contributed by atoms with E-state index in [4.69, 9.17) is 14.2 Å². The fourth-order valence-corrected chi connectivity index (χ4v) is 2.69. The number of Topliss-reactive ketones (excluding diaryl/α,β-unsaturated/α-hetero) is 1. The SMILES string of the molecule is COC(=O)c1cn([C@H]2CCOCC2=O)c(C(=O)OC(C)C)c(OC)c1=O. The van der Waals surface area contributed by atoms with Gasteiger partial charge in [-0.25, -0.2) is 9.59 Å². The quantitative estimate of drug-likeness (QED) is 0.701. The van der Waals surface area contributed by atoms with Gasteiger partial charge in [-0.1, -0.05) is 0 Å². The molecular formula is C17H21NO8. The van der Waals surface area contributed by atoms with Gasteiger partial charge in [-0.15, -0.1) is 0 Å². The Kier molecular flexibility index (Phi) is 6.14. The Morgan fingerprint density at radius 3 is 2.46 bits per heavy atom. The zero-order valence-corrected chi connectivity index (χ0v) is 15.1. The van der Waals surface area contributed by atoms with E-state index < -0.39 is 29.5 Å². The number of nitrogens with zero attached hydrogens (tertiary/aromatic N) is 1. The van der Waals surface area contributed by atoms with E-state index in [2.05, 4.69) is 4.74 Å². The minimum Gasteiger partial charge on any atom is -0.491 e. The predicted molar refractivity (Wildman–Crippen MR) is 88.6 cm³/mol. The molecule has 0 aromatic carbocycles. The Labute approximate surface area is 149 Å². The molecule has 1 aliphatic heterocycles. The summed E-state index contributed by atoms with van der Waals surface area (Å²) < 4.78 is 21.3. The molecule has 9 nitrogen and oxygen atoms in total. The molecule has 0 radical (unpaired) electrons. The van der Waals surface area contributed by atoms with Crippen molar-refractivity contribution in [1.29, 1.82) is 0 Å². The molecule has 142 valence electrons. The fourth-order valence-electron chi connectivity index (χ4n) is 2.69. The third-order valence-corrected chi connectivity index (χ3v) is 3.83. The average molecular weight is 367 g/mol. The number of ketones is 1.